The molecule has 2 rings (SSSR count). The first kappa shape index (κ1) is 9.15. The van der Waals surface area contributed by atoms with Gasteiger partial charge >= 0.3 is 0 Å². The summed E-state index contributed by atoms with van der Waals surface area (Å²) in [5, 5.41) is 9.10. The molecule has 1 atom stereocenters. The second kappa shape index (κ2) is 3.06. The van der Waals surface area contributed by atoms with Crippen LogP contribution in [-0.4, -0.2) is 5.25 Å². The fourth-order valence-corrected chi connectivity index (χ4v) is 3.77. The lowest BCUT2D eigenvalue weighted by Gasteiger charge is -2.31. The van der Waals surface area contributed by atoms with Gasteiger partial charge in [-0.1, -0.05) is 19.4 Å². The summed E-state index contributed by atoms with van der Waals surface area (Å²) in [5.74, 6) is 0. The number of hydrogen-bond acceptors (Lipinski definition) is 2. The largest absolute Gasteiger partial charge is 0.197 e. The van der Waals surface area contributed by atoms with Gasteiger partial charge in [0.25, 0.3) is 0 Å². The minimum Gasteiger partial charge on any atom is -0.197 e. The Morgan fingerprint density at radius 1 is 1.54 bits per heavy atom. The van der Waals surface area contributed by atoms with E-state index in [0.29, 0.717) is 5.41 Å². The topological polar surface area (TPSA) is 23.8 Å². The molecule has 1 unspecified atom stereocenters. The van der Waals surface area contributed by atoms with Crippen molar-refractivity contribution in [3.8, 4) is 6.07 Å². The third kappa shape index (κ3) is 1.50. The van der Waals surface area contributed by atoms with Crippen LogP contribution in [0.3, 0.4) is 0 Å². The normalized spacial score (nSPS) is 31.3. The van der Waals surface area contributed by atoms with Gasteiger partial charge in [0, 0.05) is 0 Å². The summed E-state index contributed by atoms with van der Waals surface area (Å²) in [6.45, 7) is 4.64. The van der Waals surface area contributed by atoms with Crippen LogP contribution in [0.5, 0.6) is 0 Å². The minimum atomic E-state index is 0.211. The molecule has 1 aliphatic carbocycles. The highest BCUT2D eigenvalue weighted by atomic mass is 32.2. The monoisotopic (exact) mass is 193 g/mol. The zero-order chi connectivity index (χ0) is 9.47. The first-order valence-electron chi connectivity index (χ1n) is 4.92. The summed E-state index contributed by atoms with van der Waals surface area (Å²) < 4.78 is 0. The number of allylic oxidation sites excluding steroid dienone is 2. The van der Waals surface area contributed by atoms with Crippen LogP contribution in [0.1, 0.15) is 39.5 Å². The van der Waals surface area contributed by atoms with E-state index >= 15 is 0 Å². The molecule has 0 saturated heterocycles. The van der Waals surface area contributed by atoms with Crippen molar-refractivity contribution in [3.63, 3.8) is 0 Å². The number of hydrogen-bond donors (Lipinski definition) is 0. The minimum absolute atomic E-state index is 0.211. The molecule has 0 aromatic carbocycles. The van der Waals surface area contributed by atoms with E-state index in [0.717, 1.165) is 6.42 Å². The summed E-state index contributed by atoms with van der Waals surface area (Å²) in [7, 11) is 0. The number of nitrogens with zero attached hydrogens (tertiary/aromatic N) is 1. The number of rotatable bonds is 0. The van der Waals surface area contributed by atoms with Crippen LogP contribution in [0.2, 0.25) is 0 Å². The zero-order valence-corrected chi connectivity index (χ0v) is 9.08. The third-order valence-corrected chi connectivity index (χ3v) is 4.47. The van der Waals surface area contributed by atoms with Gasteiger partial charge in [0.1, 0.15) is 0 Å². The van der Waals surface area contributed by atoms with Crippen LogP contribution in [0, 0.1) is 16.7 Å². The second-order valence-corrected chi connectivity index (χ2v) is 5.88. The molecule has 13 heavy (non-hydrogen) atoms. The molecule has 70 valence electrons. The molecule has 1 heterocycles. The molecule has 0 spiro atoms. The van der Waals surface area contributed by atoms with Crippen molar-refractivity contribution in [2.45, 2.75) is 44.8 Å². The fourth-order valence-electron chi connectivity index (χ4n) is 2.36. The Kier molecular flexibility index (Phi) is 2.15. The van der Waals surface area contributed by atoms with Gasteiger partial charge in [0.15, 0.2) is 0 Å². The third-order valence-electron chi connectivity index (χ3n) is 3.18. The molecule has 1 aliphatic heterocycles. The van der Waals surface area contributed by atoms with Crippen molar-refractivity contribution >= 4 is 11.8 Å². The molecule has 0 bridgehead atoms. The molecular weight excluding hydrogens is 178 g/mol. The standard InChI is InChI=1S/C11H15NS/c1-11(2)5-3-4-10-9(11)6-8(7-12)13-10/h8H,3-6H2,1-2H3. The summed E-state index contributed by atoms with van der Waals surface area (Å²) in [5.41, 5.74) is 1.95. The zero-order valence-electron chi connectivity index (χ0n) is 8.26. The van der Waals surface area contributed by atoms with Crippen molar-refractivity contribution in [2.75, 3.05) is 0 Å². The molecule has 0 amide bonds. The Morgan fingerprint density at radius 3 is 2.92 bits per heavy atom. The van der Waals surface area contributed by atoms with Crippen molar-refractivity contribution < 1.29 is 0 Å². The maximum Gasteiger partial charge on any atom is 0.0997 e. The van der Waals surface area contributed by atoms with Gasteiger partial charge in [-0.05, 0) is 36.0 Å². The average Bonchev–Trinajstić information content (AvgIpc) is 2.48. The molecule has 1 nitrogen and oxygen atoms in total. The van der Waals surface area contributed by atoms with Crippen molar-refractivity contribution in [2.24, 2.45) is 5.41 Å². The van der Waals surface area contributed by atoms with Gasteiger partial charge < -0.3 is 0 Å². The predicted octanol–water partition coefficient (Wildman–Crippen LogP) is 3.48. The van der Waals surface area contributed by atoms with E-state index in [-0.39, 0.29) is 5.25 Å². The maximum absolute atomic E-state index is 8.89. The van der Waals surface area contributed by atoms with Crippen LogP contribution in [0.25, 0.3) is 0 Å². The van der Waals surface area contributed by atoms with Gasteiger partial charge in [-0.15, -0.1) is 11.8 Å². The first-order valence-corrected chi connectivity index (χ1v) is 5.80. The van der Waals surface area contributed by atoms with E-state index in [9.17, 15) is 0 Å². The summed E-state index contributed by atoms with van der Waals surface area (Å²) in [4.78, 5) is 1.53. The van der Waals surface area contributed by atoms with E-state index in [4.69, 9.17) is 5.26 Å². The fraction of sp³-hybridized carbons (Fsp3) is 0.727. The first-order chi connectivity index (χ1) is 6.13. The van der Waals surface area contributed by atoms with E-state index in [1.807, 2.05) is 11.8 Å². The Bertz CT molecular complexity index is 296. The van der Waals surface area contributed by atoms with Crippen molar-refractivity contribution in [1.29, 1.82) is 5.26 Å². The summed E-state index contributed by atoms with van der Waals surface area (Å²) >= 11 is 1.82. The van der Waals surface area contributed by atoms with Crippen LogP contribution in [-0.2, 0) is 0 Å². The lowest BCUT2D eigenvalue weighted by molar-refractivity contribution is 0.365. The molecule has 0 aromatic rings. The Hall–Kier alpha value is -0.420. The van der Waals surface area contributed by atoms with Gasteiger partial charge in [-0.2, -0.15) is 5.26 Å². The molecule has 0 radical (unpaired) electrons. The predicted molar refractivity (Wildman–Crippen MR) is 56.3 cm³/mol. The van der Waals surface area contributed by atoms with Crippen LogP contribution < -0.4 is 0 Å². The van der Waals surface area contributed by atoms with E-state index in [2.05, 4.69) is 19.9 Å². The van der Waals surface area contributed by atoms with Crippen molar-refractivity contribution in [1.82, 2.24) is 0 Å². The highest BCUT2D eigenvalue weighted by Crippen LogP contribution is 2.52. The Labute approximate surface area is 84.2 Å². The lowest BCUT2D eigenvalue weighted by atomic mass is 9.74. The molecule has 2 heteroatoms. The van der Waals surface area contributed by atoms with Crippen LogP contribution >= 0.6 is 11.8 Å². The van der Waals surface area contributed by atoms with E-state index in [1.165, 1.54) is 24.2 Å². The molecule has 0 fully saturated rings. The van der Waals surface area contributed by atoms with Crippen molar-refractivity contribution in [3.05, 3.63) is 10.5 Å². The molecule has 0 saturated carbocycles. The second-order valence-electron chi connectivity index (χ2n) is 4.58. The molecule has 0 aromatic heterocycles. The quantitative estimate of drug-likeness (QED) is 0.588. The highest BCUT2D eigenvalue weighted by molar-refractivity contribution is 8.04. The molecular formula is C11H15NS. The van der Waals surface area contributed by atoms with E-state index in [1.54, 1.807) is 5.57 Å². The lowest BCUT2D eigenvalue weighted by Crippen LogP contribution is -2.18. The average molecular weight is 193 g/mol. The molecule has 2 aliphatic rings. The van der Waals surface area contributed by atoms with E-state index < -0.39 is 0 Å². The van der Waals surface area contributed by atoms with Crippen LogP contribution in [0.15, 0.2) is 10.5 Å². The number of thioether (sulfide) groups is 1. The number of nitriles is 1. The summed E-state index contributed by atoms with van der Waals surface area (Å²) in [6.07, 6.45) is 4.84. The van der Waals surface area contributed by atoms with Gasteiger partial charge in [0.05, 0.1) is 11.3 Å². The van der Waals surface area contributed by atoms with Gasteiger partial charge in [-0.3, -0.25) is 0 Å². The molecule has 0 N–H and O–H groups in total. The van der Waals surface area contributed by atoms with Gasteiger partial charge in [-0.25, -0.2) is 0 Å². The highest BCUT2D eigenvalue weighted by Gasteiger charge is 2.36. The SMILES string of the molecule is CC1(C)CCCC2=C1CC(C#N)S2. The summed E-state index contributed by atoms with van der Waals surface area (Å²) in [6, 6.07) is 2.38. The maximum atomic E-state index is 8.89. The van der Waals surface area contributed by atoms with Gasteiger partial charge in [0.2, 0.25) is 0 Å². The van der Waals surface area contributed by atoms with Crippen LogP contribution in [0.4, 0.5) is 0 Å². The smallest absolute Gasteiger partial charge is 0.0997 e. The Balaban J connectivity index is 2.26. The Morgan fingerprint density at radius 2 is 2.31 bits per heavy atom.